The van der Waals surface area contributed by atoms with Gasteiger partial charge in [-0.05, 0) is 127 Å². The van der Waals surface area contributed by atoms with Gasteiger partial charge in [0, 0.05) is 25.2 Å². The van der Waals surface area contributed by atoms with Gasteiger partial charge < -0.3 is 28.4 Å². The first-order valence-electron chi connectivity index (χ1n) is 18.3. The Balaban J connectivity index is 1.24. The average Bonchev–Trinajstić information content (AvgIpc) is 3.19. The van der Waals surface area contributed by atoms with E-state index in [2.05, 4.69) is 84.6 Å². The highest BCUT2D eigenvalue weighted by Gasteiger charge is 2.29. The number of fused-ring (bicyclic) bond motifs is 2. The third-order valence-corrected chi connectivity index (χ3v) is 10.8. The lowest BCUT2D eigenvalue weighted by atomic mass is 9.88. The van der Waals surface area contributed by atoms with Gasteiger partial charge in [-0.1, -0.05) is 48.5 Å². The number of benzene rings is 5. The Kier molecular flexibility index (Phi) is 11.1. The van der Waals surface area contributed by atoms with Crippen molar-refractivity contribution in [1.82, 2.24) is 9.80 Å². The van der Waals surface area contributed by atoms with Gasteiger partial charge in [0.05, 0.1) is 28.4 Å². The van der Waals surface area contributed by atoms with E-state index < -0.39 is 0 Å². The van der Waals surface area contributed by atoms with Crippen LogP contribution in [0.15, 0.2) is 97.1 Å². The second kappa shape index (κ2) is 16.2. The van der Waals surface area contributed by atoms with Crippen molar-refractivity contribution in [2.45, 2.75) is 44.4 Å². The van der Waals surface area contributed by atoms with E-state index in [-0.39, 0.29) is 12.1 Å². The van der Waals surface area contributed by atoms with Gasteiger partial charge in [0.1, 0.15) is 12.4 Å². The summed E-state index contributed by atoms with van der Waals surface area (Å²) >= 11 is 0. The van der Waals surface area contributed by atoms with Crippen LogP contribution in [0.2, 0.25) is 0 Å². The number of rotatable bonds is 13. The lowest BCUT2D eigenvalue weighted by Crippen LogP contribution is -2.33. The minimum Gasteiger partial charge on any atom is -0.497 e. The Morgan fingerprint density at radius 2 is 1.04 bits per heavy atom. The van der Waals surface area contributed by atoms with Crippen LogP contribution in [0.25, 0.3) is 0 Å². The highest BCUT2D eigenvalue weighted by molar-refractivity contribution is 5.55. The molecule has 5 aromatic rings. The number of nitrogens with zero attached hydrogens (tertiary/aromatic N) is 2. The van der Waals surface area contributed by atoms with Crippen molar-refractivity contribution in [2.75, 3.05) is 55.6 Å². The number of methoxy groups -OCH3 is 4. The summed E-state index contributed by atoms with van der Waals surface area (Å²) in [6, 6.07) is 33.8. The molecule has 0 N–H and O–H groups in total. The molecule has 0 bridgehead atoms. The predicted molar refractivity (Wildman–Crippen MR) is 208 cm³/mol. The Morgan fingerprint density at radius 3 is 1.64 bits per heavy atom. The smallest absolute Gasteiger partial charge is 0.169 e. The van der Waals surface area contributed by atoms with Crippen molar-refractivity contribution >= 4 is 0 Å². The first-order chi connectivity index (χ1) is 25.9. The summed E-state index contributed by atoms with van der Waals surface area (Å²) in [5.74, 6) is 5.07. The molecular weight excluding hydrogens is 665 g/mol. The predicted octanol–water partition coefficient (Wildman–Crippen LogP) is 8.64. The minimum absolute atomic E-state index is 0.148. The SMILES string of the molecule is COc1ccc(C[C@H]2c3cc(Oc4cc(C[C@@H]5c6cc(OC)c(OC)cc6CCN5C)ccc4OCc4ccccc4)c(OC)cc3CCN2C)cc1. The highest BCUT2D eigenvalue weighted by atomic mass is 16.5. The number of ether oxygens (including phenoxy) is 6. The summed E-state index contributed by atoms with van der Waals surface area (Å²) in [5.41, 5.74) is 8.56. The zero-order chi connectivity index (χ0) is 36.9. The molecule has 8 heteroatoms. The number of hydrogen-bond donors (Lipinski definition) is 0. The maximum absolute atomic E-state index is 6.91. The second-order valence-electron chi connectivity index (χ2n) is 14.0. The summed E-state index contributed by atoms with van der Waals surface area (Å²) < 4.78 is 36.1. The van der Waals surface area contributed by atoms with E-state index in [1.807, 2.05) is 36.4 Å². The van der Waals surface area contributed by atoms with Crippen molar-refractivity contribution in [3.63, 3.8) is 0 Å². The molecule has 0 radical (unpaired) electrons. The van der Waals surface area contributed by atoms with Crippen LogP contribution < -0.4 is 28.4 Å². The van der Waals surface area contributed by atoms with Crippen LogP contribution >= 0.6 is 0 Å². The topological polar surface area (TPSA) is 61.9 Å². The second-order valence-corrected chi connectivity index (χ2v) is 14.0. The van der Waals surface area contributed by atoms with Gasteiger partial charge in [-0.25, -0.2) is 0 Å². The molecule has 7 rings (SSSR count). The quantitative estimate of drug-likeness (QED) is 0.120. The molecule has 2 atom stereocenters. The molecule has 0 unspecified atom stereocenters. The lowest BCUT2D eigenvalue weighted by molar-refractivity contribution is 0.227. The maximum Gasteiger partial charge on any atom is 0.169 e. The summed E-state index contributed by atoms with van der Waals surface area (Å²) in [6.07, 6.45) is 3.54. The number of hydrogen-bond acceptors (Lipinski definition) is 8. The largest absolute Gasteiger partial charge is 0.497 e. The van der Waals surface area contributed by atoms with Gasteiger partial charge in [0.25, 0.3) is 0 Å². The molecule has 0 saturated heterocycles. The van der Waals surface area contributed by atoms with Crippen molar-refractivity contribution in [3.05, 3.63) is 136 Å². The fraction of sp³-hybridized carbons (Fsp3) is 0.333. The van der Waals surface area contributed by atoms with Crippen molar-refractivity contribution < 1.29 is 28.4 Å². The van der Waals surface area contributed by atoms with E-state index in [1.54, 1.807) is 28.4 Å². The normalized spacial score (nSPS) is 17.0. The molecule has 53 heavy (non-hydrogen) atoms. The van der Waals surface area contributed by atoms with E-state index in [9.17, 15) is 0 Å². The standard InChI is InChI=1S/C45H50N2O6/c1-46-20-19-34-26-42(50-5)45(28-37(34)38(46)22-30-12-15-35(48-3)16-13-30)53-44-24-32(14-17-40(44)52-29-31-10-8-7-9-11-31)23-39-36-27-43(51-6)41(49-4)25-33(36)18-21-47(39)2/h7-17,24-28,38-39H,18-23,29H2,1-6H3/t38-,39+/m0/s1. The summed E-state index contributed by atoms with van der Waals surface area (Å²) in [7, 11) is 11.2. The van der Waals surface area contributed by atoms with E-state index in [1.165, 1.54) is 27.8 Å². The third kappa shape index (κ3) is 7.94. The summed E-state index contributed by atoms with van der Waals surface area (Å²) in [6.45, 7) is 2.34. The molecule has 5 aromatic carbocycles. The Morgan fingerprint density at radius 1 is 0.509 bits per heavy atom. The van der Waals surface area contributed by atoms with E-state index >= 15 is 0 Å². The fourth-order valence-electron chi connectivity index (χ4n) is 7.70. The summed E-state index contributed by atoms with van der Waals surface area (Å²) in [4.78, 5) is 4.85. The van der Waals surface area contributed by atoms with E-state index in [0.29, 0.717) is 29.6 Å². The van der Waals surface area contributed by atoms with Crippen LogP contribution in [0.4, 0.5) is 0 Å². The molecule has 0 saturated carbocycles. The summed E-state index contributed by atoms with van der Waals surface area (Å²) in [5, 5.41) is 0. The zero-order valence-corrected chi connectivity index (χ0v) is 31.7. The van der Waals surface area contributed by atoms with Gasteiger partial charge in [-0.15, -0.1) is 0 Å². The maximum atomic E-state index is 6.91. The van der Waals surface area contributed by atoms with Crippen LogP contribution in [-0.2, 0) is 32.3 Å². The van der Waals surface area contributed by atoms with Crippen LogP contribution in [0, 0.1) is 0 Å². The molecule has 8 nitrogen and oxygen atoms in total. The molecule has 0 amide bonds. The fourth-order valence-corrected chi connectivity index (χ4v) is 7.70. The minimum atomic E-state index is 0.148. The zero-order valence-electron chi connectivity index (χ0n) is 31.7. The van der Waals surface area contributed by atoms with Crippen LogP contribution in [0.5, 0.6) is 40.2 Å². The van der Waals surface area contributed by atoms with Gasteiger partial charge in [0.2, 0.25) is 0 Å². The molecule has 0 aromatic heterocycles. The van der Waals surface area contributed by atoms with Crippen molar-refractivity contribution in [2.24, 2.45) is 0 Å². The molecule has 0 spiro atoms. The van der Waals surface area contributed by atoms with Gasteiger partial charge in [0.15, 0.2) is 34.5 Å². The monoisotopic (exact) mass is 714 g/mol. The van der Waals surface area contributed by atoms with Gasteiger partial charge in [-0.2, -0.15) is 0 Å². The Labute approximate surface area is 313 Å². The molecule has 0 fully saturated rings. The molecule has 2 aliphatic heterocycles. The Hall–Kier alpha value is -5.18. The average molecular weight is 715 g/mol. The Bertz CT molecular complexity index is 2010. The van der Waals surface area contributed by atoms with Crippen LogP contribution in [0.3, 0.4) is 0 Å². The van der Waals surface area contributed by atoms with Gasteiger partial charge >= 0.3 is 0 Å². The number of likely N-dealkylation sites (N-methyl/N-ethyl adjacent to an activating group) is 2. The molecule has 0 aliphatic carbocycles. The molecular formula is C45H50N2O6. The van der Waals surface area contributed by atoms with Gasteiger partial charge in [-0.3, -0.25) is 9.80 Å². The van der Waals surface area contributed by atoms with Crippen molar-refractivity contribution in [1.29, 1.82) is 0 Å². The molecule has 276 valence electrons. The van der Waals surface area contributed by atoms with Crippen molar-refractivity contribution in [3.8, 4) is 40.2 Å². The first kappa shape index (κ1) is 36.2. The van der Waals surface area contributed by atoms with E-state index in [0.717, 1.165) is 67.1 Å². The highest BCUT2D eigenvalue weighted by Crippen LogP contribution is 2.44. The third-order valence-electron chi connectivity index (χ3n) is 10.8. The van der Waals surface area contributed by atoms with Crippen LogP contribution in [0.1, 0.15) is 51.0 Å². The van der Waals surface area contributed by atoms with E-state index in [4.69, 9.17) is 28.4 Å². The first-order valence-corrected chi connectivity index (χ1v) is 18.3. The lowest BCUT2D eigenvalue weighted by Gasteiger charge is -2.35. The molecule has 2 aliphatic rings. The molecule has 2 heterocycles. The van der Waals surface area contributed by atoms with Crippen LogP contribution in [-0.4, -0.2) is 65.4 Å².